The molecule has 7 nitrogen and oxygen atoms in total. The average molecular weight is 426 g/mol. The second-order valence-electron chi connectivity index (χ2n) is 7.31. The maximum Gasteiger partial charge on any atom is 0.348 e. The van der Waals surface area contributed by atoms with Crippen molar-refractivity contribution in [1.29, 1.82) is 0 Å². The number of hydrogen-bond acceptors (Lipinski definition) is 6. The van der Waals surface area contributed by atoms with E-state index in [0.29, 0.717) is 27.6 Å². The zero-order chi connectivity index (χ0) is 22.1. The third kappa shape index (κ3) is 3.25. The zero-order valence-corrected chi connectivity index (χ0v) is 16.8. The van der Waals surface area contributed by atoms with Gasteiger partial charge in [0.05, 0.1) is 0 Å². The van der Waals surface area contributed by atoms with Gasteiger partial charge < -0.3 is 19.2 Å². The molecule has 0 bridgehead atoms. The molecule has 2 N–H and O–H groups in total. The van der Waals surface area contributed by atoms with Crippen LogP contribution in [0.5, 0.6) is 0 Å². The highest BCUT2D eigenvalue weighted by Crippen LogP contribution is 2.31. The fraction of sp³-hybridized carbons (Fsp3) is 0.0800. The fourth-order valence-corrected chi connectivity index (χ4v) is 3.72. The Morgan fingerprint density at radius 1 is 0.938 bits per heavy atom. The van der Waals surface area contributed by atoms with E-state index in [9.17, 15) is 14.7 Å². The Morgan fingerprint density at radius 2 is 1.53 bits per heavy atom. The SMILES string of the molecule is O=C(OCc1nc2c(oc3ccccc32)c(=O)[nH]1)C(O)(c1ccccc1)c1ccccc1. The van der Waals surface area contributed by atoms with Crippen LogP contribution in [0.4, 0.5) is 0 Å². The number of ether oxygens (including phenoxy) is 1. The highest BCUT2D eigenvalue weighted by atomic mass is 16.5. The summed E-state index contributed by atoms with van der Waals surface area (Å²) < 4.78 is 11.0. The molecule has 158 valence electrons. The van der Waals surface area contributed by atoms with Gasteiger partial charge >= 0.3 is 5.97 Å². The van der Waals surface area contributed by atoms with Gasteiger partial charge in [0, 0.05) is 5.39 Å². The van der Waals surface area contributed by atoms with Crippen LogP contribution in [0.1, 0.15) is 17.0 Å². The summed E-state index contributed by atoms with van der Waals surface area (Å²) >= 11 is 0. The Labute approximate surface area is 181 Å². The first-order chi connectivity index (χ1) is 15.6. The Morgan fingerprint density at radius 3 is 2.19 bits per heavy atom. The molecule has 3 aromatic carbocycles. The molecule has 0 spiro atoms. The molecule has 0 unspecified atom stereocenters. The first-order valence-corrected chi connectivity index (χ1v) is 9.98. The maximum atomic E-state index is 13.1. The Hall–Kier alpha value is -4.23. The number of furan rings is 1. The number of para-hydroxylation sites is 1. The van der Waals surface area contributed by atoms with Crippen molar-refractivity contribution < 1.29 is 19.1 Å². The summed E-state index contributed by atoms with van der Waals surface area (Å²) in [7, 11) is 0. The van der Waals surface area contributed by atoms with Gasteiger partial charge in [-0.25, -0.2) is 9.78 Å². The topological polar surface area (TPSA) is 105 Å². The molecule has 32 heavy (non-hydrogen) atoms. The predicted molar refractivity (Wildman–Crippen MR) is 118 cm³/mol. The maximum absolute atomic E-state index is 13.1. The molecule has 0 aliphatic rings. The van der Waals surface area contributed by atoms with Crippen LogP contribution in [-0.2, 0) is 21.7 Å². The van der Waals surface area contributed by atoms with E-state index in [-0.39, 0.29) is 18.0 Å². The molecule has 0 amide bonds. The lowest BCUT2D eigenvalue weighted by atomic mass is 9.86. The van der Waals surface area contributed by atoms with E-state index in [1.54, 1.807) is 78.9 Å². The minimum atomic E-state index is -2.02. The van der Waals surface area contributed by atoms with E-state index < -0.39 is 17.1 Å². The largest absolute Gasteiger partial charge is 0.455 e. The van der Waals surface area contributed by atoms with Gasteiger partial charge in [0.2, 0.25) is 11.2 Å². The number of carbonyl (C=O) groups excluding carboxylic acids is 1. The molecule has 0 fully saturated rings. The Bertz CT molecular complexity index is 1430. The van der Waals surface area contributed by atoms with Gasteiger partial charge in [0.15, 0.2) is 0 Å². The first kappa shape index (κ1) is 19.7. The van der Waals surface area contributed by atoms with E-state index >= 15 is 0 Å². The lowest BCUT2D eigenvalue weighted by Gasteiger charge is -2.27. The summed E-state index contributed by atoms with van der Waals surface area (Å²) in [5, 5.41) is 12.1. The van der Waals surface area contributed by atoms with Crippen LogP contribution >= 0.6 is 0 Å². The summed E-state index contributed by atoms with van der Waals surface area (Å²) in [4.78, 5) is 32.6. The molecular formula is C25H18N2O5. The number of benzene rings is 3. The van der Waals surface area contributed by atoms with E-state index in [2.05, 4.69) is 9.97 Å². The highest BCUT2D eigenvalue weighted by molar-refractivity contribution is 6.01. The van der Waals surface area contributed by atoms with Crippen LogP contribution in [0.3, 0.4) is 0 Å². The van der Waals surface area contributed by atoms with Crippen LogP contribution in [0, 0.1) is 0 Å². The van der Waals surface area contributed by atoms with Gasteiger partial charge in [-0.2, -0.15) is 0 Å². The number of rotatable bonds is 5. The zero-order valence-electron chi connectivity index (χ0n) is 16.8. The average Bonchev–Trinajstić information content (AvgIpc) is 3.22. The van der Waals surface area contributed by atoms with Crippen molar-refractivity contribution in [3.8, 4) is 0 Å². The number of nitrogens with zero attached hydrogens (tertiary/aromatic N) is 1. The summed E-state index contributed by atoms with van der Waals surface area (Å²) in [5.74, 6) is -0.736. The lowest BCUT2D eigenvalue weighted by molar-refractivity contribution is -0.163. The molecule has 2 heterocycles. The number of carbonyl (C=O) groups is 1. The van der Waals surface area contributed by atoms with Crippen molar-refractivity contribution in [2.45, 2.75) is 12.2 Å². The first-order valence-electron chi connectivity index (χ1n) is 9.98. The second kappa shape index (κ2) is 7.79. The Balaban J connectivity index is 1.49. The number of hydrogen-bond donors (Lipinski definition) is 2. The molecule has 7 heteroatoms. The van der Waals surface area contributed by atoms with Crippen LogP contribution in [0.15, 0.2) is 94.1 Å². The van der Waals surface area contributed by atoms with Crippen molar-refractivity contribution in [2.24, 2.45) is 0 Å². The van der Waals surface area contributed by atoms with E-state index in [1.165, 1.54) is 0 Å². The van der Waals surface area contributed by atoms with Gasteiger partial charge in [-0.15, -0.1) is 0 Å². The van der Waals surface area contributed by atoms with Crippen molar-refractivity contribution in [3.63, 3.8) is 0 Å². The van der Waals surface area contributed by atoms with Crippen LogP contribution in [-0.4, -0.2) is 21.0 Å². The van der Waals surface area contributed by atoms with E-state index in [0.717, 1.165) is 0 Å². The number of aromatic amines is 1. The number of esters is 1. The smallest absolute Gasteiger partial charge is 0.348 e. The van der Waals surface area contributed by atoms with Crippen LogP contribution in [0.25, 0.3) is 22.1 Å². The molecule has 2 aromatic heterocycles. The van der Waals surface area contributed by atoms with Gasteiger partial charge in [-0.3, -0.25) is 4.79 Å². The minimum absolute atomic E-state index is 0.103. The van der Waals surface area contributed by atoms with Gasteiger partial charge in [0.25, 0.3) is 5.56 Å². The van der Waals surface area contributed by atoms with Gasteiger partial charge in [0.1, 0.15) is 23.5 Å². The molecule has 0 saturated heterocycles. The molecule has 0 saturated carbocycles. The van der Waals surface area contributed by atoms with Crippen molar-refractivity contribution >= 4 is 28.0 Å². The normalized spacial score (nSPS) is 11.7. The number of aromatic nitrogens is 2. The third-order valence-electron chi connectivity index (χ3n) is 5.30. The number of aliphatic hydroxyl groups is 1. The van der Waals surface area contributed by atoms with Crippen molar-refractivity contribution in [1.82, 2.24) is 9.97 Å². The van der Waals surface area contributed by atoms with Gasteiger partial charge in [-0.1, -0.05) is 72.8 Å². The second-order valence-corrected chi connectivity index (χ2v) is 7.31. The molecule has 0 radical (unpaired) electrons. The third-order valence-corrected chi connectivity index (χ3v) is 5.30. The minimum Gasteiger partial charge on any atom is -0.455 e. The summed E-state index contributed by atoms with van der Waals surface area (Å²) in [5.41, 5.74) is -0.725. The molecule has 0 atom stereocenters. The standard InChI is InChI=1S/C25H18N2O5/c28-23-22-21(18-13-7-8-14-19(18)32-22)26-20(27-23)15-31-24(29)25(30,16-9-3-1-4-10-16)17-11-5-2-6-12-17/h1-14,30H,15H2,(H,26,27,28). The van der Waals surface area contributed by atoms with E-state index in [1.807, 2.05) is 6.07 Å². The highest BCUT2D eigenvalue weighted by Gasteiger charge is 2.41. The molecule has 0 aliphatic carbocycles. The molecule has 5 rings (SSSR count). The molecule has 5 aromatic rings. The number of H-pyrrole nitrogens is 1. The predicted octanol–water partition coefficient (Wildman–Crippen LogP) is 3.65. The van der Waals surface area contributed by atoms with Gasteiger partial charge in [-0.05, 0) is 23.3 Å². The van der Waals surface area contributed by atoms with Crippen LogP contribution in [0.2, 0.25) is 0 Å². The number of nitrogens with one attached hydrogen (secondary N) is 1. The lowest BCUT2D eigenvalue weighted by Crippen LogP contribution is -2.38. The monoisotopic (exact) mass is 426 g/mol. The van der Waals surface area contributed by atoms with Crippen molar-refractivity contribution in [3.05, 3.63) is 112 Å². The quantitative estimate of drug-likeness (QED) is 0.416. The summed E-state index contributed by atoms with van der Waals surface area (Å²) in [6, 6.07) is 24.3. The van der Waals surface area contributed by atoms with Crippen molar-refractivity contribution in [2.75, 3.05) is 0 Å². The number of fused-ring (bicyclic) bond motifs is 3. The molecular weight excluding hydrogens is 408 g/mol. The fourth-order valence-electron chi connectivity index (χ4n) is 3.72. The Kier molecular flexibility index (Phi) is 4.80. The molecule has 0 aliphatic heterocycles. The summed E-state index contributed by atoms with van der Waals surface area (Å²) in [6.07, 6.45) is 0. The summed E-state index contributed by atoms with van der Waals surface area (Å²) in [6.45, 7) is -0.328. The van der Waals surface area contributed by atoms with E-state index in [4.69, 9.17) is 9.15 Å². The van der Waals surface area contributed by atoms with Crippen LogP contribution < -0.4 is 5.56 Å².